The number of hydrogen-bond acceptors (Lipinski definition) is 2. The van der Waals surface area contributed by atoms with E-state index in [1.54, 1.807) is 7.11 Å². The summed E-state index contributed by atoms with van der Waals surface area (Å²) in [5.41, 5.74) is 0. The fraction of sp³-hybridized carbons (Fsp3) is 1.00. The van der Waals surface area contributed by atoms with Crippen molar-refractivity contribution < 1.29 is 9.84 Å². The molecule has 0 heterocycles. The summed E-state index contributed by atoms with van der Waals surface area (Å²) in [7, 11) is 1.56. The normalized spacial score (nSPS) is 26.2. The van der Waals surface area contributed by atoms with Crippen molar-refractivity contribution in [2.24, 2.45) is 0 Å². The molecule has 8 heavy (non-hydrogen) atoms. The highest BCUT2D eigenvalue weighted by Crippen LogP contribution is 2.29. The fourth-order valence-electron chi connectivity index (χ4n) is 1.13. The predicted octanol–water partition coefficient (Wildman–Crippen LogP) is 0.895. The lowest BCUT2D eigenvalue weighted by molar-refractivity contribution is -0.178. The van der Waals surface area contributed by atoms with E-state index >= 15 is 0 Å². The van der Waals surface area contributed by atoms with Gasteiger partial charge < -0.3 is 9.84 Å². The first kappa shape index (κ1) is 6.05. The van der Waals surface area contributed by atoms with Crippen molar-refractivity contribution in [3.63, 3.8) is 0 Å². The Bertz CT molecular complexity index is 74.6. The molecular weight excluding hydrogens is 104 g/mol. The molecule has 0 saturated heterocycles. The third-order valence-corrected chi connectivity index (χ3v) is 1.76. The summed E-state index contributed by atoms with van der Waals surface area (Å²) in [6, 6.07) is 0. The summed E-state index contributed by atoms with van der Waals surface area (Å²) in [5.74, 6) is -0.764. The highest BCUT2D eigenvalue weighted by molar-refractivity contribution is 4.73. The van der Waals surface area contributed by atoms with Crippen LogP contribution >= 0.6 is 0 Å². The second-order valence-corrected chi connectivity index (χ2v) is 2.36. The van der Waals surface area contributed by atoms with Crippen LogP contribution in [-0.2, 0) is 4.74 Å². The van der Waals surface area contributed by atoms with Gasteiger partial charge in [0.25, 0.3) is 0 Å². The summed E-state index contributed by atoms with van der Waals surface area (Å²) in [5, 5.41) is 9.28. The van der Waals surface area contributed by atoms with Crippen LogP contribution < -0.4 is 0 Å². The van der Waals surface area contributed by atoms with E-state index in [-0.39, 0.29) is 0 Å². The Kier molecular flexibility index (Phi) is 1.54. The molecule has 1 fully saturated rings. The molecule has 0 spiro atoms. The SMILES string of the molecule is COC1(O)CCCC1. The van der Waals surface area contributed by atoms with Gasteiger partial charge in [-0.05, 0) is 12.8 Å². The molecule has 1 N–H and O–H groups in total. The molecule has 0 atom stereocenters. The third kappa shape index (κ3) is 1.01. The van der Waals surface area contributed by atoms with Gasteiger partial charge in [0.05, 0.1) is 0 Å². The zero-order chi connectivity index (χ0) is 6.04. The van der Waals surface area contributed by atoms with E-state index in [1.165, 1.54) is 0 Å². The van der Waals surface area contributed by atoms with Gasteiger partial charge >= 0.3 is 0 Å². The van der Waals surface area contributed by atoms with Gasteiger partial charge in [-0.25, -0.2) is 0 Å². The van der Waals surface area contributed by atoms with E-state index in [2.05, 4.69) is 0 Å². The number of ether oxygens (including phenoxy) is 1. The topological polar surface area (TPSA) is 29.5 Å². The zero-order valence-electron chi connectivity index (χ0n) is 5.18. The molecule has 1 aliphatic carbocycles. The quantitative estimate of drug-likeness (QED) is 0.516. The maximum absolute atomic E-state index is 9.28. The molecule has 1 aliphatic rings. The van der Waals surface area contributed by atoms with Crippen LogP contribution in [0.2, 0.25) is 0 Å². The largest absolute Gasteiger partial charge is 0.365 e. The summed E-state index contributed by atoms with van der Waals surface area (Å²) in [4.78, 5) is 0. The van der Waals surface area contributed by atoms with Crippen molar-refractivity contribution in [1.29, 1.82) is 0 Å². The Morgan fingerprint density at radius 3 is 2.12 bits per heavy atom. The van der Waals surface area contributed by atoms with Gasteiger partial charge in [0.2, 0.25) is 0 Å². The molecule has 0 radical (unpaired) electrons. The average Bonchev–Trinajstić information content (AvgIpc) is 2.17. The lowest BCUT2D eigenvalue weighted by atomic mass is 10.2. The molecule has 2 heteroatoms. The van der Waals surface area contributed by atoms with Gasteiger partial charge in [-0.3, -0.25) is 0 Å². The number of rotatable bonds is 1. The van der Waals surface area contributed by atoms with Gasteiger partial charge in [-0.1, -0.05) is 0 Å². The average molecular weight is 116 g/mol. The summed E-state index contributed by atoms with van der Waals surface area (Å²) in [6.07, 6.45) is 3.82. The van der Waals surface area contributed by atoms with Crippen LogP contribution in [0.25, 0.3) is 0 Å². The van der Waals surface area contributed by atoms with E-state index in [0.29, 0.717) is 0 Å². The van der Waals surface area contributed by atoms with Crippen LogP contribution in [0, 0.1) is 0 Å². The molecule has 0 aromatic rings. The molecule has 2 nitrogen and oxygen atoms in total. The summed E-state index contributed by atoms with van der Waals surface area (Å²) < 4.78 is 4.85. The Hall–Kier alpha value is -0.0800. The first-order valence-corrected chi connectivity index (χ1v) is 3.04. The van der Waals surface area contributed by atoms with Gasteiger partial charge in [0.15, 0.2) is 5.79 Å². The lowest BCUT2D eigenvalue weighted by Gasteiger charge is -2.18. The smallest absolute Gasteiger partial charge is 0.165 e. The number of aliphatic hydroxyl groups is 1. The van der Waals surface area contributed by atoms with Gasteiger partial charge in [-0.15, -0.1) is 0 Å². The molecule has 1 rings (SSSR count). The molecule has 0 aromatic heterocycles. The van der Waals surface area contributed by atoms with E-state index in [4.69, 9.17) is 4.74 Å². The van der Waals surface area contributed by atoms with Crippen LogP contribution in [0.3, 0.4) is 0 Å². The molecule has 1 saturated carbocycles. The van der Waals surface area contributed by atoms with Gasteiger partial charge in [0.1, 0.15) is 0 Å². The zero-order valence-corrected chi connectivity index (χ0v) is 5.18. The molecule has 48 valence electrons. The van der Waals surface area contributed by atoms with E-state index < -0.39 is 5.79 Å². The molecule has 0 aromatic carbocycles. The highest BCUT2D eigenvalue weighted by atomic mass is 16.6. The van der Waals surface area contributed by atoms with E-state index in [1.807, 2.05) is 0 Å². The minimum Gasteiger partial charge on any atom is -0.365 e. The molecular formula is C6H12O2. The van der Waals surface area contributed by atoms with Crippen molar-refractivity contribution >= 4 is 0 Å². The van der Waals surface area contributed by atoms with E-state index in [9.17, 15) is 5.11 Å². The maximum Gasteiger partial charge on any atom is 0.165 e. The van der Waals surface area contributed by atoms with Crippen LogP contribution in [0.5, 0.6) is 0 Å². The molecule has 0 aliphatic heterocycles. The monoisotopic (exact) mass is 116 g/mol. The standard InChI is InChI=1S/C6H12O2/c1-8-6(7)4-2-3-5-6/h7H,2-5H2,1H3. The Morgan fingerprint density at radius 1 is 1.38 bits per heavy atom. The molecule has 0 bridgehead atoms. The first-order chi connectivity index (χ1) is 3.77. The first-order valence-electron chi connectivity index (χ1n) is 3.04. The Morgan fingerprint density at radius 2 is 1.88 bits per heavy atom. The summed E-state index contributed by atoms with van der Waals surface area (Å²) >= 11 is 0. The lowest BCUT2D eigenvalue weighted by Crippen LogP contribution is -2.25. The highest BCUT2D eigenvalue weighted by Gasteiger charge is 2.29. The van der Waals surface area contributed by atoms with Crippen molar-refractivity contribution in [2.75, 3.05) is 7.11 Å². The van der Waals surface area contributed by atoms with Crippen LogP contribution in [0.15, 0.2) is 0 Å². The van der Waals surface area contributed by atoms with Crippen LogP contribution in [-0.4, -0.2) is 18.0 Å². The van der Waals surface area contributed by atoms with E-state index in [0.717, 1.165) is 25.7 Å². The predicted molar refractivity (Wildman–Crippen MR) is 30.4 cm³/mol. The van der Waals surface area contributed by atoms with Crippen molar-refractivity contribution in [3.05, 3.63) is 0 Å². The van der Waals surface area contributed by atoms with Crippen molar-refractivity contribution in [2.45, 2.75) is 31.5 Å². The van der Waals surface area contributed by atoms with Gasteiger partial charge in [-0.2, -0.15) is 0 Å². The van der Waals surface area contributed by atoms with Crippen LogP contribution in [0.4, 0.5) is 0 Å². The second kappa shape index (κ2) is 2.03. The minimum absolute atomic E-state index is 0.764. The van der Waals surface area contributed by atoms with Crippen molar-refractivity contribution in [1.82, 2.24) is 0 Å². The summed E-state index contributed by atoms with van der Waals surface area (Å²) in [6.45, 7) is 0. The minimum atomic E-state index is -0.764. The molecule has 0 amide bonds. The Labute approximate surface area is 49.5 Å². The second-order valence-electron chi connectivity index (χ2n) is 2.36. The fourth-order valence-corrected chi connectivity index (χ4v) is 1.13. The maximum atomic E-state index is 9.28. The number of methoxy groups -OCH3 is 1. The van der Waals surface area contributed by atoms with Gasteiger partial charge in [0, 0.05) is 20.0 Å². The van der Waals surface area contributed by atoms with Crippen LogP contribution in [0.1, 0.15) is 25.7 Å². The number of hydrogen-bond donors (Lipinski definition) is 1. The third-order valence-electron chi connectivity index (χ3n) is 1.76. The molecule has 0 unspecified atom stereocenters. The van der Waals surface area contributed by atoms with Crippen molar-refractivity contribution in [3.8, 4) is 0 Å². The Balaban J connectivity index is 2.40.